The van der Waals surface area contributed by atoms with Gasteiger partial charge in [-0.1, -0.05) is 146 Å². The Morgan fingerprint density at radius 1 is 0.755 bits per heavy atom. The molecule has 0 N–H and O–H groups in total. The van der Waals surface area contributed by atoms with Crippen LogP contribution in [-0.4, -0.2) is 22.8 Å². The fraction of sp³-hybridized carbons (Fsp3) is 0.0851. The van der Waals surface area contributed by atoms with E-state index >= 15 is 0 Å². The lowest BCUT2D eigenvalue weighted by Gasteiger charge is -2.35. The lowest BCUT2D eigenvalue weighted by Crippen LogP contribution is -2.40. The molecular formula is C47H34N2. The number of rotatable bonds is 4. The molecule has 0 spiro atoms. The van der Waals surface area contributed by atoms with E-state index in [2.05, 4.69) is 164 Å². The molecule has 49 heavy (non-hydrogen) atoms. The lowest BCUT2D eigenvalue weighted by molar-refractivity contribution is 0.455. The summed E-state index contributed by atoms with van der Waals surface area (Å²) < 4.78 is 0. The number of nitrogens with zero attached hydrogens (tertiary/aromatic N) is 2. The molecule has 0 amide bonds. The fourth-order valence-corrected chi connectivity index (χ4v) is 8.54. The van der Waals surface area contributed by atoms with Gasteiger partial charge in [-0.2, -0.15) is 0 Å². The number of allylic oxidation sites excluding steroid dienone is 12. The van der Waals surface area contributed by atoms with Crippen LogP contribution >= 0.6 is 0 Å². The number of hydrogen-bond donors (Lipinski definition) is 0. The maximum absolute atomic E-state index is 5.22. The van der Waals surface area contributed by atoms with E-state index in [4.69, 9.17) is 4.99 Å². The Bertz CT molecular complexity index is 2620. The molecule has 0 bridgehead atoms. The van der Waals surface area contributed by atoms with E-state index in [1.54, 1.807) is 0 Å². The van der Waals surface area contributed by atoms with Crippen molar-refractivity contribution in [3.8, 4) is 0 Å². The molecule has 232 valence electrons. The zero-order valence-corrected chi connectivity index (χ0v) is 27.4. The SMILES string of the molecule is C=C/C(=C\C=C(/C)c1ccc2c3cccc4cccc(c5cccc1c52)c43)c1ccc2c(c1)C1=C(C=CCC=C1)N1C2=NC2C=CC=CC21. The van der Waals surface area contributed by atoms with Crippen molar-refractivity contribution in [2.24, 2.45) is 4.99 Å². The maximum Gasteiger partial charge on any atom is 0.137 e. The topological polar surface area (TPSA) is 15.6 Å². The first-order valence-electron chi connectivity index (χ1n) is 17.2. The van der Waals surface area contributed by atoms with E-state index in [0.717, 1.165) is 23.4 Å². The third kappa shape index (κ3) is 4.10. The molecule has 0 saturated carbocycles. The van der Waals surface area contributed by atoms with Gasteiger partial charge in [-0.05, 0) is 96.4 Å². The smallest absolute Gasteiger partial charge is 0.137 e. The Labute approximate surface area is 286 Å². The van der Waals surface area contributed by atoms with Gasteiger partial charge in [0.2, 0.25) is 0 Å². The van der Waals surface area contributed by atoms with Crippen LogP contribution in [0.25, 0.3) is 59.8 Å². The van der Waals surface area contributed by atoms with Crippen LogP contribution in [0.2, 0.25) is 0 Å². The van der Waals surface area contributed by atoms with Crippen LogP contribution in [0.5, 0.6) is 0 Å². The third-order valence-corrected chi connectivity index (χ3v) is 10.8. The first-order valence-corrected chi connectivity index (χ1v) is 17.2. The van der Waals surface area contributed by atoms with Crippen molar-refractivity contribution in [3.63, 3.8) is 0 Å². The molecule has 2 atom stereocenters. The molecule has 2 unspecified atom stereocenters. The summed E-state index contributed by atoms with van der Waals surface area (Å²) in [5, 5.41) is 10.5. The van der Waals surface area contributed by atoms with Crippen LogP contribution in [-0.2, 0) is 0 Å². The van der Waals surface area contributed by atoms with Gasteiger partial charge in [0.05, 0.1) is 17.8 Å². The van der Waals surface area contributed by atoms with Crippen molar-refractivity contribution < 1.29 is 0 Å². The highest BCUT2D eigenvalue weighted by Gasteiger charge is 2.40. The summed E-state index contributed by atoms with van der Waals surface area (Å²) in [5.41, 5.74) is 9.62. The highest BCUT2D eigenvalue weighted by Crippen LogP contribution is 2.44. The van der Waals surface area contributed by atoms with Crippen LogP contribution in [0.3, 0.4) is 0 Å². The van der Waals surface area contributed by atoms with Crippen molar-refractivity contribution in [2.45, 2.75) is 25.4 Å². The molecule has 0 radical (unpaired) electrons. The van der Waals surface area contributed by atoms with Crippen LogP contribution in [0.1, 0.15) is 35.6 Å². The molecule has 10 rings (SSSR count). The number of aliphatic imine (C=N–C) groups is 1. The van der Waals surface area contributed by atoms with Crippen molar-refractivity contribution in [3.05, 3.63) is 186 Å². The van der Waals surface area contributed by atoms with Crippen LogP contribution < -0.4 is 0 Å². The minimum Gasteiger partial charge on any atom is -0.316 e. The summed E-state index contributed by atoms with van der Waals surface area (Å²) in [5.74, 6) is 1.06. The van der Waals surface area contributed by atoms with E-state index in [-0.39, 0.29) is 12.1 Å². The second-order valence-corrected chi connectivity index (χ2v) is 13.4. The molecule has 4 aliphatic rings. The zero-order chi connectivity index (χ0) is 32.6. The van der Waals surface area contributed by atoms with E-state index in [1.165, 1.54) is 76.6 Å². The number of benzene rings is 6. The summed E-state index contributed by atoms with van der Waals surface area (Å²) in [7, 11) is 0. The monoisotopic (exact) mass is 626 g/mol. The predicted molar refractivity (Wildman–Crippen MR) is 210 cm³/mol. The Hall–Kier alpha value is -5.99. The third-order valence-electron chi connectivity index (χ3n) is 10.8. The van der Waals surface area contributed by atoms with E-state index < -0.39 is 0 Å². The molecule has 6 aromatic carbocycles. The summed E-state index contributed by atoms with van der Waals surface area (Å²) in [6.07, 6.45) is 25.2. The van der Waals surface area contributed by atoms with Crippen molar-refractivity contribution in [2.75, 3.05) is 0 Å². The van der Waals surface area contributed by atoms with E-state index in [9.17, 15) is 0 Å². The minimum atomic E-state index is 0.135. The van der Waals surface area contributed by atoms with Gasteiger partial charge in [-0.15, -0.1) is 0 Å². The van der Waals surface area contributed by atoms with Crippen molar-refractivity contribution in [1.29, 1.82) is 0 Å². The molecular weight excluding hydrogens is 593 g/mol. The van der Waals surface area contributed by atoms with Gasteiger partial charge >= 0.3 is 0 Å². The van der Waals surface area contributed by atoms with Crippen LogP contribution in [0, 0.1) is 0 Å². The minimum absolute atomic E-state index is 0.135. The summed E-state index contributed by atoms with van der Waals surface area (Å²) in [6.45, 7) is 6.47. The van der Waals surface area contributed by atoms with Gasteiger partial charge in [-0.25, -0.2) is 0 Å². The summed E-state index contributed by atoms with van der Waals surface area (Å²) in [6, 6.07) is 31.9. The van der Waals surface area contributed by atoms with Gasteiger partial charge in [0, 0.05) is 11.1 Å². The Morgan fingerprint density at radius 2 is 1.49 bits per heavy atom. The summed E-state index contributed by atoms with van der Waals surface area (Å²) >= 11 is 0. The fourth-order valence-electron chi connectivity index (χ4n) is 8.54. The zero-order valence-electron chi connectivity index (χ0n) is 27.4. The standard InChI is InChI=1S/C47H34N2/c1-3-30(32-24-25-40-41(28-32)34-14-5-4-6-20-43(34)49-44-21-8-7-19-42(44)48-47(40)49)23-22-29(2)33-26-27-39-37-16-10-13-31-12-9-15-36(45(31)37)38-18-11-17-35(33)46(38)39/h3,5-28,42,44H,1,4H2,2H3/b29-22+,30-23+. The second-order valence-electron chi connectivity index (χ2n) is 13.4. The van der Waals surface area contributed by atoms with Gasteiger partial charge in [-0.3, -0.25) is 4.99 Å². The van der Waals surface area contributed by atoms with E-state index in [1.807, 2.05) is 6.08 Å². The molecule has 2 aliphatic heterocycles. The van der Waals surface area contributed by atoms with Gasteiger partial charge in [0.1, 0.15) is 5.84 Å². The highest BCUT2D eigenvalue weighted by atomic mass is 15.3. The maximum atomic E-state index is 5.22. The predicted octanol–water partition coefficient (Wildman–Crippen LogP) is 11.6. The molecule has 2 nitrogen and oxygen atoms in total. The van der Waals surface area contributed by atoms with Crippen LogP contribution in [0.15, 0.2) is 169 Å². The quantitative estimate of drug-likeness (QED) is 0.108. The Morgan fingerprint density at radius 3 is 2.33 bits per heavy atom. The van der Waals surface area contributed by atoms with E-state index in [0.29, 0.717) is 0 Å². The van der Waals surface area contributed by atoms with Gasteiger partial charge in [0.15, 0.2) is 0 Å². The Balaban J connectivity index is 1.08. The number of hydrogen-bond acceptors (Lipinski definition) is 2. The number of fused-ring (bicyclic) bond motifs is 9. The molecule has 0 aromatic heterocycles. The number of amidine groups is 1. The lowest BCUT2D eigenvalue weighted by atomic mass is 9.87. The average Bonchev–Trinajstić information content (AvgIpc) is 3.36. The van der Waals surface area contributed by atoms with Gasteiger partial charge in [0.25, 0.3) is 0 Å². The first-order chi connectivity index (χ1) is 24.2. The van der Waals surface area contributed by atoms with Crippen molar-refractivity contribution in [1.82, 2.24) is 4.90 Å². The molecule has 0 saturated heterocycles. The summed E-state index contributed by atoms with van der Waals surface area (Å²) in [4.78, 5) is 7.66. The molecule has 2 heterocycles. The second kappa shape index (κ2) is 10.8. The van der Waals surface area contributed by atoms with Gasteiger partial charge < -0.3 is 4.90 Å². The largest absolute Gasteiger partial charge is 0.316 e. The molecule has 2 heteroatoms. The van der Waals surface area contributed by atoms with Crippen molar-refractivity contribution >= 4 is 65.6 Å². The highest BCUT2D eigenvalue weighted by molar-refractivity contribution is 6.33. The first kappa shape index (κ1) is 28.1. The molecule has 0 fully saturated rings. The molecule has 6 aromatic rings. The molecule has 2 aliphatic carbocycles. The Kier molecular flexibility index (Phi) is 6.17. The average molecular weight is 627 g/mol. The van der Waals surface area contributed by atoms with Crippen LogP contribution in [0.4, 0.5) is 0 Å². The normalized spacial score (nSPS) is 19.9.